The second-order valence-corrected chi connectivity index (χ2v) is 15.0. The van der Waals surface area contributed by atoms with Crippen LogP contribution >= 0.6 is 35.6 Å². The minimum atomic E-state index is -0.147. The molecule has 10 nitrogen and oxygen atoms in total. The third-order valence-electron chi connectivity index (χ3n) is 8.83. The van der Waals surface area contributed by atoms with Gasteiger partial charge in [-0.3, -0.25) is 19.2 Å². The number of ketones is 4. The van der Waals surface area contributed by atoms with Gasteiger partial charge in [-0.15, -0.1) is 11.6 Å². The molecule has 2 aliphatic rings. The van der Waals surface area contributed by atoms with Crippen LogP contribution in [0.4, 0.5) is 0 Å². The van der Waals surface area contributed by atoms with Crippen LogP contribution in [0, 0.1) is 4.77 Å². The van der Waals surface area contributed by atoms with Gasteiger partial charge in [0.25, 0.3) is 0 Å². The number of nitrogens with zero attached hydrogens (tertiary/aromatic N) is 3. The highest BCUT2D eigenvalue weighted by atomic mass is 35.5. The van der Waals surface area contributed by atoms with Crippen LogP contribution in [0.25, 0.3) is 22.1 Å². The van der Waals surface area contributed by atoms with Crippen LogP contribution in [0.2, 0.25) is 0 Å². The molecule has 0 amide bonds. The van der Waals surface area contributed by atoms with Crippen LogP contribution in [0.3, 0.4) is 0 Å². The molecule has 2 aromatic heterocycles. The first-order chi connectivity index (χ1) is 25.5. The van der Waals surface area contributed by atoms with Crippen molar-refractivity contribution in [3.63, 3.8) is 0 Å². The smallest absolute Gasteiger partial charge is 0.196 e. The maximum Gasteiger partial charge on any atom is 0.196 e. The Morgan fingerprint density at radius 1 is 0.623 bits per heavy atom. The summed E-state index contributed by atoms with van der Waals surface area (Å²) in [4.78, 5) is 69.0. The number of aromatic amines is 3. The lowest BCUT2D eigenvalue weighted by Crippen LogP contribution is -2.21. The Labute approximate surface area is 321 Å². The fraction of sp³-hybridized carbons (Fsp3) is 0.250. The zero-order valence-corrected chi connectivity index (χ0v) is 32.2. The molecule has 8 rings (SSSR count). The number of nitrogens with one attached hydrogen (secondary N) is 3. The molecule has 0 saturated carbocycles. The predicted molar refractivity (Wildman–Crippen MR) is 214 cm³/mol. The molecule has 0 aliphatic heterocycles. The number of alkyl halides is 1. The molecule has 0 spiro atoms. The van der Waals surface area contributed by atoms with E-state index in [2.05, 4.69) is 43.8 Å². The summed E-state index contributed by atoms with van der Waals surface area (Å²) in [5.41, 5.74) is 6.22. The fourth-order valence-electron chi connectivity index (χ4n) is 6.31. The van der Waals surface area contributed by atoms with E-state index < -0.39 is 0 Å². The van der Waals surface area contributed by atoms with Crippen LogP contribution in [-0.2, 0) is 0 Å². The first-order valence-corrected chi connectivity index (χ1v) is 19.1. The second-order valence-electron chi connectivity index (χ2n) is 13.2. The minimum Gasteiger partial charge on any atom is -0.333 e. The Balaban J connectivity index is 0.000000158. The molecule has 2 aliphatic carbocycles. The molecule has 0 atom stereocenters. The maximum atomic E-state index is 13.0. The SMILES string of the molecule is CN(C)CCCCl.CN(C)CCCSc1nc2c3c(ccc2[nH]1)C(=O)c1ccccc1C3=O.O=C1c2ccccc2C(=O)c2c1ccc1[nH]c(=S)[nH]c21. The van der Waals surface area contributed by atoms with E-state index in [9.17, 15) is 19.2 Å². The summed E-state index contributed by atoms with van der Waals surface area (Å²) >= 11 is 12.1. The molecular weight excluding hydrogens is 728 g/mol. The van der Waals surface area contributed by atoms with Crippen molar-refractivity contribution in [2.24, 2.45) is 0 Å². The molecule has 3 N–H and O–H groups in total. The Morgan fingerprint density at radius 2 is 1.13 bits per heavy atom. The number of carbonyl (C=O) groups is 4. The number of hydrogen-bond donors (Lipinski definition) is 3. The molecule has 272 valence electrons. The number of hydrogen-bond acceptors (Lipinski definition) is 9. The van der Waals surface area contributed by atoms with Crippen molar-refractivity contribution in [3.8, 4) is 0 Å². The van der Waals surface area contributed by atoms with Gasteiger partial charge in [-0.05, 0) is 90.6 Å². The molecule has 0 unspecified atom stereocenters. The normalized spacial score (nSPS) is 13.0. The van der Waals surface area contributed by atoms with Gasteiger partial charge in [0.2, 0.25) is 0 Å². The van der Waals surface area contributed by atoms with E-state index in [0.29, 0.717) is 60.3 Å². The second kappa shape index (κ2) is 16.5. The maximum absolute atomic E-state index is 13.0. The van der Waals surface area contributed by atoms with Crippen LogP contribution in [0.1, 0.15) is 76.5 Å². The highest BCUT2D eigenvalue weighted by Gasteiger charge is 2.33. The van der Waals surface area contributed by atoms with Gasteiger partial charge in [0.05, 0.1) is 27.7 Å². The zero-order chi connectivity index (χ0) is 37.8. The van der Waals surface area contributed by atoms with Crippen molar-refractivity contribution in [1.82, 2.24) is 29.7 Å². The Kier molecular flexibility index (Phi) is 11.9. The van der Waals surface area contributed by atoms with Crippen LogP contribution < -0.4 is 0 Å². The van der Waals surface area contributed by atoms with Gasteiger partial charge in [-0.25, -0.2) is 4.98 Å². The number of rotatable bonds is 8. The first-order valence-electron chi connectivity index (χ1n) is 17.1. The molecule has 6 aromatic rings. The lowest BCUT2D eigenvalue weighted by Gasteiger charge is -2.17. The minimum absolute atomic E-state index is 0.111. The quantitative estimate of drug-likeness (QED) is 0.0620. The average Bonchev–Trinajstić information content (AvgIpc) is 3.76. The molecule has 53 heavy (non-hydrogen) atoms. The average molecular weight is 767 g/mol. The number of fused-ring (bicyclic) bond motifs is 8. The first kappa shape index (κ1) is 38.0. The van der Waals surface area contributed by atoms with Crippen LogP contribution in [0.15, 0.2) is 78.0 Å². The molecule has 0 fully saturated rings. The van der Waals surface area contributed by atoms with Gasteiger partial charge < -0.3 is 24.8 Å². The number of aromatic nitrogens is 4. The molecule has 0 saturated heterocycles. The molecule has 0 radical (unpaired) electrons. The number of thioether (sulfide) groups is 1. The summed E-state index contributed by atoms with van der Waals surface area (Å²) in [7, 11) is 8.20. The fourth-order valence-corrected chi connectivity index (χ4v) is 7.45. The number of benzene rings is 4. The molecule has 4 aromatic carbocycles. The van der Waals surface area contributed by atoms with Crippen LogP contribution in [0.5, 0.6) is 0 Å². The number of imidazole rings is 2. The van der Waals surface area contributed by atoms with Crippen molar-refractivity contribution in [1.29, 1.82) is 0 Å². The zero-order valence-electron chi connectivity index (χ0n) is 29.8. The van der Waals surface area contributed by atoms with Crippen molar-refractivity contribution in [2.75, 3.05) is 52.9 Å². The van der Waals surface area contributed by atoms with E-state index in [-0.39, 0.29) is 23.1 Å². The molecular formula is C40H39ClN6O4S2. The number of H-pyrrole nitrogens is 3. The van der Waals surface area contributed by atoms with Crippen molar-refractivity contribution in [2.45, 2.75) is 18.0 Å². The standard InChI is InChI=1S/C20H19N3O2S.C15H8N2O2S.C5H12ClN/c1-23(2)10-5-11-26-20-21-15-9-8-14-16(17(15)22-20)19(25)13-7-4-3-6-12(13)18(14)24;18-13-7-3-1-2-4-8(7)14(19)11-9(13)5-6-10-12(11)17-15(20)16-10;1-7(2)5-3-4-6/h3-4,6-9H,5,10-11H2,1-2H3,(H,21,22);1-6H,(H2,16,17,20);3-5H2,1-2H3. The van der Waals surface area contributed by atoms with Crippen molar-refractivity contribution >= 4 is 80.8 Å². The summed E-state index contributed by atoms with van der Waals surface area (Å²) in [6.45, 7) is 2.12. The summed E-state index contributed by atoms with van der Waals surface area (Å²) in [6, 6.07) is 20.9. The molecule has 13 heteroatoms. The van der Waals surface area contributed by atoms with E-state index in [1.165, 1.54) is 0 Å². The Hall–Kier alpha value is -4.72. The topological polar surface area (TPSA) is 135 Å². The summed E-state index contributed by atoms with van der Waals surface area (Å²) in [5, 5.41) is 0.784. The molecule has 2 heterocycles. The van der Waals surface area contributed by atoms with Crippen molar-refractivity contribution in [3.05, 3.63) is 122 Å². The number of carbonyl (C=O) groups excluding carboxylic acids is 4. The largest absolute Gasteiger partial charge is 0.333 e. The van der Waals surface area contributed by atoms with Crippen LogP contribution in [-0.4, -0.2) is 106 Å². The highest BCUT2D eigenvalue weighted by Crippen LogP contribution is 2.33. The van der Waals surface area contributed by atoms with Gasteiger partial charge >= 0.3 is 0 Å². The van der Waals surface area contributed by atoms with E-state index in [0.717, 1.165) is 53.8 Å². The van der Waals surface area contributed by atoms with Crippen molar-refractivity contribution < 1.29 is 19.2 Å². The summed E-state index contributed by atoms with van der Waals surface area (Å²) < 4.78 is 0.438. The Bertz CT molecular complexity index is 2430. The van der Waals surface area contributed by atoms with Gasteiger partial charge in [0.15, 0.2) is 33.1 Å². The van der Waals surface area contributed by atoms with Gasteiger partial charge in [0, 0.05) is 45.0 Å². The third kappa shape index (κ3) is 7.97. The van der Waals surface area contributed by atoms with E-state index in [4.69, 9.17) is 23.8 Å². The lowest BCUT2D eigenvalue weighted by atomic mass is 9.83. The summed E-state index contributed by atoms with van der Waals surface area (Å²) in [6.07, 6.45) is 2.15. The lowest BCUT2D eigenvalue weighted by molar-refractivity contribution is 0.0980. The summed E-state index contributed by atoms with van der Waals surface area (Å²) in [5.74, 6) is 1.20. The highest BCUT2D eigenvalue weighted by molar-refractivity contribution is 7.99. The third-order valence-corrected chi connectivity index (χ3v) is 10.3. The van der Waals surface area contributed by atoms with Gasteiger partial charge in [-0.2, -0.15) is 0 Å². The predicted octanol–water partition coefficient (Wildman–Crippen LogP) is 7.56. The monoisotopic (exact) mass is 766 g/mol. The van der Waals surface area contributed by atoms with E-state index >= 15 is 0 Å². The van der Waals surface area contributed by atoms with E-state index in [1.54, 1.807) is 78.5 Å². The molecule has 0 bridgehead atoms. The van der Waals surface area contributed by atoms with Gasteiger partial charge in [0.1, 0.15) is 5.52 Å². The Morgan fingerprint density at radius 3 is 1.68 bits per heavy atom. The van der Waals surface area contributed by atoms with E-state index in [1.807, 2.05) is 20.2 Å². The van der Waals surface area contributed by atoms with Gasteiger partial charge in [-0.1, -0.05) is 60.3 Å². The number of halogens is 1.